The van der Waals surface area contributed by atoms with Crippen LogP contribution >= 0.6 is 0 Å². The smallest absolute Gasteiger partial charge is 0.373 e. The minimum absolute atomic E-state index is 0.0221. The van der Waals surface area contributed by atoms with E-state index in [2.05, 4.69) is 9.94 Å². The van der Waals surface area contributed by atoms with Gasteiger partial charge in [0.2, 0.25) is 5.91 Å². The molecule has 0 bridgehead atoms. The van der Waals surface area contributed by atoms with Gasteiger partial charge >= 0.3 is 17.7 Å². The van der Waals surface area contributed by atoms with Crippen molar-refractivity contribution in [2.45, 2.75) is 51.8 Å². The second-order valence-electron chi connectivity index (χ2n) is 10.2. The van der Waals surface area contributed by atoms with Gasteiger partial charge in [-0.1, -0.05) is 11.2 Å². The first-order chi connectivity index (χ1) is 18.7. The molecule has 1 aromatic heterocycles. The molecular weight excluding hydrogens is 540 g/mol. The third kappa shape index (κ3) is 6.16. The number of H-pyrrole nitrogens is 1. The molecule has 2 saturated heterocycles. The highest BCUT2D eigenvalue weighted by atomic mass is 19.4. The van der Waals surface area contributed by atoms with Crippen LogP contribution in [0.15, 0.2) is 23.0 Å². The molecule has 40 heavy (non-hydrogen) atoms. The van der Waals surface area contributed by atoms with Crippen molar-refractivity contribution in [3.8, 4) is 0 Å². The maximum atomic E-state index is 14.8. The molecule has 2 fully saturated rings. The van der Waals surface area contributed by atoms with Crippen molar-refractivity contribution < 1.29 is 46.4 Å². The number of hydrogen-bond acceptors (Lipinski definition) is 6. The number of hydrogen-bond donors (Lipinski definition) is 1. The van der Waals surface area contributed by atoms with Crippen LogP contribution in [0.1, 0.15) is 52.5 Å². The van der Waals surface area contributed by atoms with Crippen LogP contribution in [-0.4, -0.2) is 77.2 Å². The zero-order chi connectivity index (χ0) is 29.4. The van der Waals surface area contributed by atoms with Gasteiger partial charge in [-0.3, -0.25) is 14.4 Å². The molecule has 2 amide bonds. The Hall–Kier alpha value is -3.81. The number of aromatic nitrogens is 2. The van der Waals surface area contributed by atoms with E-state index in [0.29, 0.717) is 18.0 Å². The van der Waals surface area contributed by atoms with Gasteiger partial charge in [0.25, 0.3) is 11.6 Å². The Balaban J connectivity index is 1.55. The third-order valence-electron chi connectivity index (χ3n) is 7.25. The number of nitrogens with one attached hydrogen (secondary N) is 1. The Morgan fingerprint density at radius 2 is 1.90 bits per heavy atom. The van der Waals surface area contributed by atoms with Crippen LogP contribution in [0.2, 0.25) is 0 Å². The van der Waals surface area contributed by atoms with Crippen molar-refractivity contribution in [2.24, 2.45) is 0 Å². The summed E-state index contributed by atoms with van der Waals surface area (Å²) in [4.78, 5) is 57.1. The molecule has 0 spiro atoms. The van der Waals surface area contributed by atoms with Crippen LogP contribution < -0.4 is 15.2 Å². The lowest BCUT2D eigenvalue weighted by Crippen LogP contribution is -2.58. The highest BCUT2D eigenvalue weighted by Gasteiger charge is 2.46. The van der Waals surface area contributed by atoms with E-state index >= 15 is 0 Å². The number of halogens is 4. The molecule has 2 aromatic rings. The second kappa shape index (κ2) is 11.0. The fourth-order valence-corrected chi connectivity index (χ4v) is 4.82. The van der Waals surface area contributed by atoms with Crippen LogP contribution in [0.3, 0.4) is 0 Å². The van der Waals surface area contributed by atoms with Crippen molar-refractivity contribution in [2.75, 3.05) is 32.8 Å². The van der Waals surface area contributed by atoms with Crippen molar-refractivity contribution >= 4 is 17.8 Å². The molecule has 1 N–H and O–H groups in total. The van der Waals surface area contributed by atoms with E-state index in [-0.39, 0.29) is 59.9 Å². The maximum Gasteiger partial charge on any atom is 0.498 e. The first-order valence-corrected chi connectivity index (χ1v) is 12.6. The number of nitrogens with zero attached hydrogens (tertiary/aromatic N) is 3. The monoisotopic (exact) mass is 569 g/mol. The number of carbonyl (C=O) groups excluding carboxylic acids is 3. The first-order valence-electron chi connectivity index (χ1n) is 12.6. The largest absolute Gasteiger partial charge is 0.498 e. The summed E-state index contributed by atoms with van der Waals surface area (Å²) >= 11 is 0. The van der Waals surface area contributed by atoms with E-state index in [4.69, 9.17) is 4.74 Å². The summed E-state index contributed by atoms with van der Waals surface area (Å²) in [7, 11) is 0. The molecule has 10 nitrogen and oxygen atoms in total. The molecule has 0 radical (unpaired) electrons. The number of benzene rings is 1. The number of piperazine rings is 1. The summed E-state index contributed by atoms with van der Waals surface area (Å²) in [5, 5.41) is 2.06. The molecule has 216 valence electrons. The maximum absolute atomic E-state index is 14.8. The number of carbonyl (C=O) groups is 3. The van der Waals surface area contributed by atoms with Gasteiger partial charge < -0.3 is 14.5 Å². The Morgan fingerprint density at radius 1 is 1.18 bits per heavy atom. The molecule has 1 aromatic carbocycles. The van der Waals surface area contributed by atoms with Gasteiger partial charge in [-0.05, 0) is 51.3 Å². The average Bonchev–Trinajstić information content (AvgIpc) is 3.32. The highest BCUT2D eigenvalue weighted by Crippen LogP contribution is 2.27. The van der Waals surface area contributed by atoms with Gasteiger partial charge in [-0.25, -0.2) is 9.18 Å². The SMILES string of the molecule is Cc1c(C)c(=O)[nH][n+](OC(=O)C(F)(F)F)c1Cc1ccc(F)c(C(=O)N2CCN(CC3(C)CCCO3)C(=O)C2)c1. The van der Waals surface area contributed by atoms with E-state index < -0.39 is 35.0 Å². The zero-order valence-corrected chi connectivity index (χ0v) is 22.2. The molecule has 1 unspecified atom stereocenters. The van der Waals surface area contributed by atoms with Gasteiger partial charge in [-0.15, -0.1) is 0 Å². The summed E-state index contributed by atoms with van der Waals surface area (Å²) < 4.78 is 59.0. The van der Waals surface area contributed by atoms with E-state index in [1.165, 1.54) is 30.9 Å². The number of ether oxygens (including phenoxy) is 1. The number of alkyl halides is 3. The minimum Gasteiger partial charge on any atom is -0.373 e. The van der Waals surface area contributed by atoms with Gasteiger partial charge in [0, 0.05) is 37.4 Å². The lowest BCUT2D eigenvalue weighted by molar-refractivity contribution is -0.921. The highest BCUT2D eigenvalue weighted by molar-refractivity contribution is 5.97. The van der Waals surface area contributed by atoms with Crippen LogP contribution in [0.25, 0.3) is 0 Å². The quantitative estimate of drug-likeness (QED) is 0.416. The topological polar surface area (TPSA) is 113 Å². The molecule has 0 saturated carbocycles. The van der Waals surface area contributed by atoms with E-state index in [1.54, 1.807) is 4.90 Å². The Bertz CT molecular complexity index is 1400. The van der Waals surface area contributed by atoms with Gasteiger partial charge in [0.05, 0.1) is 17.6 Å². The summed E-state index contributed by atoms with van der Waals surface area (Å²) in [6.07, 6.45) is -3.82. The van der Waals surface area contributed by atoms with Gasteiger partial charge in [-0.2, -0.15) is 18.0 Å². The van der Waals surface area contributed by atoms with Crippen molar-refractivity contribution in [3.63, 3.8) is 0 Å². The van der Waals surface area contributed by atoms with Gasteiger partial charge in [0.15, 0.2) is 0 Å². The van der Waals surface area contributed by atoms with Crippen molar-refractivity contribution in [1.82, 2.24) is 14.9 Å². The molecular formula is C26H29F4N4O6+. The lowest BCUT2D eigenvalue weighted by atomic mass is 10.0. The Morgan fingerprint density at radius 3 is 2.52 bits per heavy atom. The molecule has 3 heterocycles. The number of rotatable bonds is 6. The predicted molar refractivity (Wildman–Crippen MR) is 130 cm³/mol. The van der Waals surface area contributed by atoms with E-state index in [0.717, 1.165) is 18.9 Å². The Labute approximate surface area is 226 Å². The minimum atomic E-state index is -5.32. The van der Waals surface area contributed by atoms with E-state index in [1.807, 2.05) is 6.92 Å². The van der Waals surface area contributed by atoms with Crippen LogP contribution in [0, 0.1) is 19.7 Å². The van der Waals surface area contributed by atoms with E-state index in [9.17, 15) is 36.7 Å². The standard InChI is InChI=1S/C26H28F4N4O6/c1-15-16(2)22(36)31-34(40-24(38)26(28,29)30)20(15)12-17-5-6-19(27)18(11-17)23(37)32-8-9-33(21(35)13-32)14-25(3)7-4-10-39-25/h5-6,11H,4,7-10,12-14H2,1-3H3/p+1. The fourth-order valence-electron chi connectivity index (χ4n) is 4.82. The molecule has 0 aliphatic carbocycles. The summed E-state index contributed by atoms with van der Waals surface area (Å²) in [6.45, 7) is 6.03. The molecule has 1 atom stereocenters. The first kappa shape index (κ1) is 29.2. The number of aromatic amines is 1. The third-order valence-corrected chi connectivity index (χ3v) is 7.25. The summed E-state index contributed by atoms with van der Waals surface area (Å²) in [5.41, 5.74) is -0.880. The predicted octanol–water partition coefficient (Wildman–Crippen LogP) is 1.38. The molecule has 2 aliphatic rings. The van der Waals surface area contributed by atoms with Crippen LogP contribution in [0.5, 0.6) is 0 Å². The Kier molecular flexibility index (Phi) is 8.01. The van der Waals surface area contributed by atoms with Crippen LogP contribution in [-0.2, 0) is 20.7 Å². The fraction of sp³-hybridized carbons (Fsp3) is 0.500. The molecule has 14 heteroatoms. The molecule has 4 rings (SSSR count). The summed E-state index contributed by atoms with van der Waals surface area (Å²) in [6, 6.07) is 3.56. The van der Waals surface area contributed by atoms with Crippen molar-refractivity contribution in [1.29, 1.82) is 0 Å². The number of amides is 2. The van der Waals surface area contributed by atoms with Gasteiger partial charge in [0.1, 0.15) is 17.2 Å². The van der Waals surface area contributed by atoms with Crippen LogP contribution in [0.4, 0.5) is 17.6 Å². The summed E-state index contributed by atoms with van der Waals surface area (Å²) in [5.74, 6) is -4.41. The normalized spacial score (nSPS) is 19.7. The second-order valence-corrected chi connectivity index (χ2v) is 10.2. The van der Waals surface area contributed by atoms with Crippen molar-refractivity contribution in [3.05, 3.63) is 62.3 Å². The zero-order valence-electron chi connectivity index (χ0n) is 22.2. The lowest BCUT2D eigenvalue weighted by Gasteiger charge is -2.38. The average molecular weight is 570 g/mol. The molecule has 2 aliphatic heterocycles.